The maximum absolute atomic E-state index is 12.8. The SMILES string of the molecule is Cc1ccccccc(CC(=O)Nc2ncc(-c3ccc(N)cc3)nc2CC(C)C)cc1. The number of aromatic nitrogens is 2. The summed E-state index contributed by atoms with van der Waals surface area (Å²) >= 11 is 0. The number of nitrogens with zero attached hydrogens (tertiary/aromatic N) is 2. The molecule has 1 heterocycles. The molecule has 0 fully saturated rings. The Bertz CT molecular complexity index is 1120. The number of nitrogen functional groups attached to an aromatic ring is 1. The van der Waals surface area contributed by atoms with Crippen LogP contribution in [0.2, 0.25) is 0 Å². The van der Waals surface area contributed by atoms with Crippen molar-refractivity contribution < 1.29 is 4.79 Å². The fourth-order valence-electron chi connectivity index (χ4n) is 3.20. The highest BCUT2D eigenvalue weighted by molar-refractivity contribution is 5.91. The van der Waals surface area contributed by atoms with Crippen molar-refractivity contribution in [1.29, 1.82) is 0 Å². The molecule has 2 aromatic carbocycles. The quantitative estimate of drug-likeness (QED) is 0.507. The summed E-state index contributed by atoms with van der Waals surface area (Å²) in [5, 5.41) is 2.97. The molecule has 0 saturated heterocycles. The fourth-order valence-corrected chi connectivity index (χ4v) is 3.20. The number of carbonyl (C=O) groups excluding carboxylic acids is 1. The monoisotopic (exact) mass is 426 g/mol. The van der Waals surface area contributed by atoms with Gasteiger partial charge in [0.1, 0.15) is 0 Å². The molecular formula is C27H30N4O. The van der Waals surface area contributed by atoms with Crippen LogP contribution in [0.5, 0.6) is 0 Å². The molecule has 3 N–H and O–H groups in total. The summed E-state index contributed by atoms with van der Waals surface area (Å²) in [6, 6.07) is 23.3. The number of nitrogens with two attached hydrogens (primary N) is 1. The molecule has 1 amide bonds. The average molecular weight is 427 g/mol. The van der Waals surface area contributed by atoms with E-state index in [1.165, 1.54) is 0 Å². The van der Waals surface area contributed by atoms with Gasteiger partial charge < -0.3 is 11.1 Å². The zero-order chi connectivity index (χ0) is 22.9. The molecule has 0 spiro atoms. The van der Waals surface area contributed by atoms with E-state index in [0.717, 1.165) is 28.1 Å². The predicted octanol–water partition coefficient (Wildman–Crippen LogP) is 5.54. The number of rotatable bonds is 6. The van der Waals surface area contributed by atoms with Gasteiger partial charge >= 0.3 is 0 Å². The molecule has 0 aliphatic carbocycles. The van der Waals surface area contributed by atoms with Gasteiger partial charge in [0.15, 0.2) is 5.82 Å². The Labute approximate surface area is 190 Å². The Morgan fingerprint density at radius 1 is 0.969 bits per heavy atom. The van der Waals surface area contributed by atoms with Gasteiger partial charge in [0.25, 0.3) is 0 Å². The van der Waals surface area contributed by atoms with Crippen molar-refractivity contribution in [2.45, 2.75) is 33.6 Å². The first-order chi connectivity index (χ1) is 15.4. The Morgan fingerprint density at radius 3 is 2.41 bits per heavy atom. The molecule has 3 aromatic rings. The first-order valence-electron chi connectivity index (χ1n) is 10.8. The van der Waals surface area contributed by atoms with Gasteiger partial charge in [-0.25, -0.2) is 9.97 Å². The Morgan fingerprint density at radius 2 is 1.69 bits per heavy atom. The second-order valence-electron chi connectivity index (χ2n) is 8.25. The lowest BCUT2D eigenvalue weighted by Crippen LogP contribution is -2.18. The van der Waals surface area contributed by atoms with E-state index < -0.39 is 0 Å². The van der Waals surface area contributed by atoms with Crippen LogP contribution in [0.15, 0.2) is 79.0 Å². The highest BCUT2D eigenvalue weighted by atomic mass is 16.1. The van der Waals surface area contributed by atoms with Crippen molar-refractivity contribution in [1.82, 2.24) is 9.97 Å². The number of hydrogen-bond acceptors (Lipinski definition) is 4. The highest BCUT2D eigenvalue weighted by Gasteiger charge is 2.14. The van der Waals surface area contributed by atoms with Gasteiger partial charge in [-0.05, 0) is 37.0 Å². The third-order valence-electron chi connectivity index (χ3n) is 4.84. The molecule has 0 radical (unpaired) electrons. The van der Waals surface area contributed by atoms with Crippen molar-refractivity contribution in [2.24, 2.45) is 5.92 Å². The van der Waals surface area contributed by atoms with Gasteiger partial charge in [-0.3, -0.25) is 4.79 Å². The summed E-state index contributed by atoms with van der Waals surface area (Å²) in [4.78, 5) is 22.2. The minimum atomic E-state index is -0.122. The van der Waals surface area contributed by atoms with Gasteiger partial charge in [-0.15, -0.1) is 0 Å². The molecule has 0 unspecified atom stereocenters. The molecule has 3 rings (SSSR count). The first kappa shape index (κ1) is 22.9. The van der Waals surface area contributed by atoms with Crippen LogP contribution in [-0.4, -0.2) is 15.9 Å². The molecular weight excluding hydrogens is 396 g/mol. The van der Waals surface area contributed by atoms with Gasteiger partial charge in [0.05, 0.1) is 24.0 Å². The van der Waals surface area contributed by atoms with E-state index in [1.807, 2.05) is 79.7 Å². The summed E-state index contributed by atoms with van der Waals surface area (Å²) in [6.07, 6.45) is 2.66. The Hall–Kier alpha value is -3.73. The average Bonchev–Trinajstić information content (AvgIpc) is 2.75. The van der Waals surface area contributed by atoms with Crippen LogP contribution in [0.3, 0.4) is 0 Å². The first-order valence-corrected chi connectivity index (χ1v) is 10.8. The van der Waals surface area contributed by atoms with Gasteiger partial charge in [-0.2, -0.15) is 0 Å². The summed E-state index contributed by atoms with van der Waals surface area (Å²) < 4.78 is 0. The van der Waals surface area contributed by atoms with Crippen LogP contribution in [0, 0.1) is 12.8 Å². The third-order valence-corrected chi connectivity index (χ3v) is 4.84. The highest BCUT2D eigenvalue weighted by Crippen LogP contribution is 2.22. The van der Waals surface area contributed by atoms with Crippen molar-refractivity contribution in [3.63, 3.8) is 0 Å². The number of anilines is 2. The predicted molar refractivity (Wildman–Crippen MR) is 132 cm³/mol. The van der Waals surface area contributed by atoms with E-state index in [1.54, 1.807) is 6.20 Å². The molecule has 1 aromatic heterocycles. The molecule has 5 nitrogen and oxygen atoms in total. The van der Waals surface area contributed by atoms with Crippen LogP contribution in [0.4, 0.5) is 11.5 Å². The number of hydrogen-bond donors (Lipinski definition) is 2. The standard InChI is InChI=1S/C27H30N4O/c1-19(2)16-24-27(29-18-25(30-24)22-12-14-23(28)15-13-22)31-26(32)17-21-9-7-5-4-6-8-20(3)10-11-21/h4-15,18-19H,16-17,28H2,1-3H3,(H,29,31,32). The number of aryl methyl sites for hydroxylation is 1. The van der Waals surface area contributed by atoms with Gasteiger partial charge in [0, 0.05) is 11.3 Å². The number of carbonyl (C=O) groups is 1. The zero-order valence-electron chi connectivity index (χ0n) is 18.9. The minimum Gasteiger partial charge on any atom is -0.399 e. The maximum atomic E-state index is 12.8. The summed E-state index contributed by atoms with van der Waals surface area (Å²) in [5.74, 6) is 0.767. The molecule has 0 aliphatic rings. The lowest BCUT2D eigenvalue weighted by Gasteiger charge is -2.13. The van der Waals surface area contributed by atoms with Crippen molar-refractivity contribution >= 4 is 17.4 Å². The molecule has 0 aliphatic heterocycles. The van der Waals surface area contributed by atoms with E-state index in [9.17, 15) is 4.79 Å². The molecule has 32 heavy (non-hydrogen) atoms. The minimum absolute atomic E-state index is 0.122. The number of nitrogens with one attached hydrogen (secondary N) is 1. The topological polar surface area (TPSA) is 80.9 Å². The second kappa shape index (κ2) is 11.0. The van der Waals surface area contributed by atoms with Crippen LogP contribution in [0.25, 0.3) is 11.3 Å². The van der Waals surface area contributed by atoms with Crippen LogP contribution < -0.4 is 11.1 Å². The van der Waals surface area contributed by atoms with Crippen LogP contribution >= 0.6 is 0 Å². The number of benzene rings is 1. The van der Waals surface area contributed by atoms with Crippen molar-refractivity contribution in [3.05, 3.63) is 95.8 Å². The molecule has 0 saturated carbocycles. The summed E-state index contributed by atoms with van der Waals surface area (Å²) in [6.45, 7) is 6.27. The molecule has 0 atom stereocenters. The van der Waals surface area contributed by atoms with Crippen molar-refractivity contribution in [3.8, 4) is 11.3 Å². The lowest BCUT2D eigenvalue weighted by atomic mass is 10.1. The third kappa shape index (κ3) is 6.91. The maximum Gasteiger partial charge on any atom is 0.229 e. The summed E-state index contributed by atoms with van der Waals surface area (Å²) in [7, 11) is 0. The summed E-state index contributed by atoms with van der Waals surface area (Å²) in [5.41, 5.74) is 11.0. The fraction of sp³-hybridized carbons (Fsp3) is 0.222. The van der Waals surface area contributed by atoms with E-state index in [4.69, 9.17) is 10.7 Å². The van der Waals surface area contributed by atoms with Crippen LogP contribution in [0.1, 0.15) is 30.7 Å². The van der Waals surface area contributed by atoms with E-state index >= 15 is 0 Å². The largest absolute Gasteiger partial charge is 0.399 e. The Balaban J connectivity index is 1.84. The van der Waals surface area contributed by atoms with E-state index in [-0.39, 0.29) is 12.3 Å². The van der Waals surface area contributed by atoms with Crippen LogP contribution in [-0.2, 0) is 17.6 Å². The number of amides is 1. The van der Waals surface area contributed by atoms with E-state index in [2.05, 4.69) is 24.1 Å². The van der Waals surface area contributed by atoms with E-state index in [0.29, 0.717) is 23.8 Å². The normalized spacial score (nSPS) is 10.5. The zero-order valence-corrected chi connectivity index (χ0v) is 18.9. The smallest absolute Gasteiger partial charge is 0.229 e. The molecule has 0 bridgehead atoms. The lowest BCUT2D eigenvalue weighted by molar-refractivity contribution is -0.115. The second-order valence-corrected chi connectivity index (χ2v) is 8.25. The molecule has 5 heteroatoms. The molecule has 164 valence electrons. The van der Waals surface area contributed by atoms with Gasteiger partial charge in [0.2, 0.25) is 5.91 Å². The van der Waals surface area contributed by atoms with Gasteiger partial charge in [-0.1, -0.05) is 80.1 Å². The Kier molecular flexibility index (Phi) is 7.92. The van der Waals surface area contributed by atoms with Crippen molar-refractivity contribution in [2.75, 3.05) is 11.1 Å².